The van der Waals surface area contributed by atoms with Gasteiger partial charge < -0.3 is 18.3 Å². The van der Waals surface area contributed by atoms with Gasteiger partial charge in [0.1, 0.15) is 0 Å². The molecule has 0 unspecified atom stereocenters. The number of hydrogen-bond donors (Lipinski definition) is 0. The van der Waals surface area contributed by atoms with Crippen molar-refractivity contribution in [3.05, 3.63) is 459 Å². The number of hydrogen-bond acceptors (Lipinski definition) is 2. The smallest absolute Gasteiger partial charge is 0.0547 e. The van der Waals surface area contributed by atoms with E-state index in [9.17, 15) is 0 Å². The number of fused-ring (bicyclic) bond motifs is 26. The largest absolute Gasteiger partial charge is 0.309 e. The Morgan fingerprint density at radius 2 is 0.409 bits per heavy atom. The van der Waals surface area contributed by atoms with E-state index in [0.717, 1.165) is 17.1 Å². The molecule has 0 amide bonds. The quantitative estimate of drug-likeness (QED) is 0.130. The molecular formula is C126H84N4S2. The molecule has 0 bridgehead atoms. The van der Waals surface area contributed by atoms with Gasteiger partial charge in [0.15, 0.2) is 0 Å². The highest BCUT2D eigenvalue weighted by Gasteiger charge is 2.39. The van der Waals surface area contributed by atoms with Crippen molar-refractivity contribution in [3.63, 3.8) is 0 Å². The average molecular weight is 1720 g/mol. The molecule has 4 nitrogen and oxygen atoms in total. The first-order valence-electron chi connectivity index (χ1n) is 45.8. The molecule has 620 valence electrons. The summed E-state index contributed by atoms with van der Waals surface area (Å²) < 4.78 is 15.1. The van der Waals surface area contributed by atoms with Crippen molar-refractivity contribution in [2.75, 3.05) is 0 Å². The number of benzene rings is 20. The van der Waals surface area contributed by atoms with Crippen molar-refractivity contribution >= 4 is 150 Å². The van der Waals surface area contributed by atoms with Gasteiger partial charge in [-0.05, 0) is 221 Å². The standard InChI is InChI=1S/2C63H42N2S/c1-63(2)54-22-11-9-19-50(54)60-55(63)32-31-49-48-21-13-20-46(61(48)66-62(49)60)40-26-24-39(25-27-40)41-28-33-58-52(36-41)53-38-43(30-35-59(53)65(58)45-16-7-4-8-17-45)42-29-34-57-51(37-42)47-18-10-12-23-56(47)64(57)44-14-5-3-6-15-44;1-63(2)54-22-11-9-19-52(54)60-55(63)34-33-51-50-21-13-20-46(61(50)66-62(51)60)40-26-24-39(25-27-40)41-30-35-57-53(36-41)49-32-29-43(38-59(49)65(57)45-16-7-4-8-17-45)42-28-31-48-47-18-10-12-23-56(47)64(58(48)37-42)44-14-5-3-6-15-44/h2*3-38H,1-2H3. The molecule has 0 saturated heterocycles. The van der Waals surface area contributed by atoms with E-state index in [1.807, 2.05) is 22.7 Å². The number of aromatic nitrogens is 4. The van der Waals surface area contributed by atoms with E-state index in [1.165, 1.54) is 245 Å². The lowest BCUT2D eigenvalue weighted by atomic mass is 9.82. The van der Waals surface area contributed by atoms with E-state index in [1.54, 1.807) is 0 Å². The lowest BCUT2D eigenvalue weighted by Gasteiger charge is -2.21. The summed E-state index contributed by atoms with van der Waals surface area (Å²) in [5.74, 6) is 0. The maximum Gasteiger partial charge on any atom is 0.0547 e. The Hall–Kier alpha value is -16.0. The van der Waals surface area contributed by atoms with Crippen LogP contribution in [0, 0.1) is 0 Å². The first kappa shape index (κ1) is 76.1. The highest BCUT2D eigenvalue weighted by Crippen LogP contribution is 2.58. The van der Waals surface area contributed by atoms with Gasteiger partial charge in [-0.25, -0.2) is 0 Å². The van der Waals surface area contributed by atoms with Crippen LogP contribution in [0.4, 0.5) is 0 Å². The van der Waals surface area contributed by atoms with Crippen molar-refractivity contribution in [1.29, 1.82) is 0 Å². The highest BCUT2D eigenvalue weighted by molar-refractivity contribution is 7.27. The number of thiophene rings is 2. The van der Waals surface area contributed by atoms with Gasteiger partial charge in [-0.15, -0.1) is 22.7 Å². The third kappa shape index (κ3) is 11.5. The third-order valence-corrected chi connectivity index (χ3v) is 31.6. The van der Waals surface area contributed by atoms with Crippen molar-refractivity contribution in [3.8, 4) is 112 Å². The molecule has 0 aliphatic heterocycles. The summed E-state index contributed by atoms with van der Waals surface area (Å²) in [6.45, 7) is 9.48. The van der Waals surface area contributed by atoms with Crippen LogP contribution < -0.4 is 0 Å². The summed E-state index contributed by atoms with van der Waals surface area (Å²) in [4.78, 5) is 0. The predicted octanol–water partition coefficient (Wildman–Crippen LogP) is 35.1. The second-order valence-corrected chi connectivity index (χ2v) is 38.9. The average Bonchev–Trinajstić information content (AvgIpc) is 1.55. The molecule has 0 fully saturated rings. The van der Waals surface area contributed by atoms with Crippen molar-refractivity contribution in [2.45, 2.75) is 38.5 Å². The second kappa shape index (κ2) is 29.3. The fourth-order valence-corrected chi connectivity index (χ4v) is 25.5. The number of rotatable bonds is 10. The molecule has 6 heteroatoms. The molecule has 0 radical (unpaired) electrons. The lowest BCUT2D eigenvalue weighted by Crippen LogP contribution is -2.14. The van der Waals surface area contributed by atoms with Gasteiger partial charge in [0, 0.05) is 128 Å². The van der Waals surface area contributed by atoms with Gasteiger partial charge in [0.25, 0.3) is 0 Å². The van der Waals surface area contributed by atoms with Crippen LogP contribution in [0.15, 0.2) is 437 Å². The Morgan fingerprint density at radius 3 is 0.803 bits per heavy atom. The van der Waals surface area contributed by atoms with Crippen LogP contribution in [0.5, 0.6) is 0 Å². The van der Waals surface area contributed by atoms with Crippen LogP contribution >= 0.6 is 22.7 Å². The highest BCUT2D eigenvalue weighted by atomic mass is 32.1. The predicted molar refractivity (Wildman–Crippen MR) is 564 cm³/mol. The zero-order valence-corrected chi connectivity index (χ0v) is 74.8. The van der Waals surface area contributed by atoms with E-state index >= 15 is 0 Å². The van der Waals surface area contributed by atoms with Gasteiger partial charge >= 0.3 is 0 Å². The SMILES string of the molecule is CC1(C)c2ccccc2-c2c1ccc1c2sc2c(-c3ccc(-c4ccc5c(c4)c4cc(-c6ccc7c(c6)c6ccccc6n7-c6ccccc6)ccc4n5-c4ccccc4)cc3)cccc21.CC1(C)c2ccccc2-c2c1ccc1c2sc2c(-c3ccc(-c4ccc5c(c4)c4ccc(-c6ccc7c8ccccc8n(-c8ccccc8)c7c6)cc4n5-c4ccccc4)cc3)cccc21. The second-order valence-electron chi connectivity index (χ2n) is 36.9. The molecule has 0 N–H and O–H groups in total. The molecule has 2 aliphatic rings. The first-order valence-corrected chi connectivity index (χ1v) is 47.5. The van der Waals surface area contributed by atoms with Gasteiger partial charge in [0.2, 0.25) is 0 Å². The first-order chi connectivity index (χ1) is 65.0. The van der Waals surface area contributed by atoms with Gasteiger partial charge in [0.05, 0.1) is 44.1 Å². The van der Waals surface area contributed by atoms with E-state index in [0.29, 0.717) is 0 Å². The molecule has 6 aromatic heterocycles. The number of nitrogens with zero attached hydrogens (tertiary/aromatic N) is 4. The van der Waals surface area contributed by atoms with Crippen LogP contribution in [0.3, 0.4) is 0 Å². The van der Waals surface area contributed by atoms with Crippen LogP contribution in [-0.4, -0.2) is 18.3 Å². The molecule has 6 heterocycles. The maximum absolute atomic E-state index is 2.43. The third-order valence-electron chi connectivity index (χ3n) is 29.1. The summed E-state index contributed by atoms with van der Waals surface area (Å²) >= 11 is 3.91. The summed E-state index contributed by atoms with van der Waals surface area (Å²) in [5, 5.41) is 15.4. The lowest BCUT2D eigenvalue weighted by molar-refractivity contribution is 0.661. The van der Waals surface area contributed by atoms with Crippen LogP contribution in [0.1, 0.15) is 49.9 Å². The summed E-state index contributed by atoms with van der Waals surface area (Å²) in [6, 6.07) is 162. The maximum atomic E-state index is 2.43. The molecular weight excluding hydrogens is 1630 g/mol. The van der Waals surface area contributed by atoms with Crippen molar-refractivity contribution < 1.29 is 0 Å². The summed E-state index contributed by atoms with van der Waals surface area (Å²) in [5.41, 5.74) is 40.2. The van der Waals surface area contributed by atoms with Crippen LogP contribution in [0.2, 0.25) is 0 Å². The zero-order chi connectivity index (χ0) is 87.3. The fraction of sp³-hybridized carbons (Fsp3) is 0.0476. The van der Waals surface area contributed by atoms with E-state index in [4.69, 9.17) is 0 Å². The zero-order valence-electron chi connectivity index (χ0n) is 73.2. The van der Waals surface area contributed by atoms with E-state index in [2.05, 4.69) is 483 Å². The summed E-state index contributed by atoms with van der Waals surface area (Å²) in [6.07, 6.45) is 0. The molecule has 2 aliphatic carbocycles. The fourth-order valence-electron chi connectivity index (χ4n) is 22.7. The summed E-state index contributed by atoms with van der Waals surface area (Å²) in [7, 11) is 0. The van der Waals surface area contributed by atoms with Gasteiger partial charge in [-0.3, -0.25) is 0 Å². The van der Waals surface area contributed by atoms with E-state index < -0.39 is 0 Å². The molecule has 28 rings (SSSR count). The molecule has 26 aromatic rings. The Kier molecular flexibility index (Phi) is 16.9. The Balaban J connectivity index is 0.000000135. The number of para-hydroxylation sites is 6. The molecule has 132 heavy (non-hydrogen) atoms. The van der Waals surface area contributed by atoms with Gasteiger partial charge in [-0.1, -0.05) is 343 Å². The Morgan fingerprint density at radius 1 is 0.159 bits per heavy atom. The van der Waals surface area contributed by atoms with Gasteiger partial charge in [-0.2, -0.15) is 0 Å². The Labute approximate surface area is 771 Å². The minimum absolute atomic E-state index is 0.0141. The molecule has 20 aromatic carbocycles. The molecule has 0 atom stereocenters. The normalized spacial score (nSPS) is 13.1. The molecule has 0 spiro atoms. The van der Waals surface area contributed by atoms with Crippen molar-refractivity contribution in [2.24, 2.45) is 0 Å². The Bertz CT molecular complexity index is 9290. The minimum atomic E-state index is -0.0157. The van der Waals surface area contributed by atoms with Crippen LogP contribution in [-0.2, 0) is 10.8 Å². The molecule has 0 saturated carbocycles. The monoisotopic (exact) mass is 1720 g/mol. The topological polar surface area (TPSA) is 19.7 Å². The van der Waals surface area contributed by atoms with E-state index in [-0.39, 0.29) is 10.8 Å². The van der Waals surface area contributed by atoms with Crippen molar-refractivity contribution in [1.82, 2.24) is 18.3 Å². The minimum Gasteiger partial charge on any atom is -0.309 e. The van der Waals surface area contributed by atoms with Crippen LogP contribution in [0.25, 0.3) is 239 Å².